The molecule has 0 spiro atoms. The van der Waals surface area contributed by atoms with Gasteiger partial charge in [-0.05, 0) is 19.3 Å². The van der Waals surface area contributed by atoms with Crippen LogP contribution in [0, 0.1) is 11.8 Å². The zero-order valence-electron chi connectivity index (χ0n) is 10.6. The fourth-order valence-corrected chi connectivity index (χ4v) is 2.29. The summed E-state index contributed by atoms with van der Waals surface area (Å²) in [4.78, 5) is 0. The molecular formula is C13H24N2. The molecule has 1 aliphatic rings. The molecule has 1 heterocycles. The van der Waals surface area contributed by atoms with Crippen LogP contribution in [0.4, 0.5) is 0 Å². The fourth-order valence-electron chi connectivity index (χ4n) is 2.29. The van der Waals surface area contributed by atoms with Gasteiger partial charge in [0.2, 0.25) is 0 Å². The molecule has 1 saturated heterocycles. The largest absolute Gasteiger partial charge is 0.293 e. The van der Waals surface area contributed by atoms with Crippen LogP contribution in [-0.2, 0) is 0 Å². The van der Waals surface area contributed by atoms with E-state index in [4.69, 9.17) is 0 Å². The first-order valence-corrected chi connectivity index (χ1v) is 5.90. The second-order valence-electron chi connectivity index (χ2n) is 4.49. The molecule has 0 amide bonds. The number of rotatable bonds is 3. The van der Waals surface area contributed by atoms with Gasteiger partial charge >= 0.3 is 0 Å². The number of hydrazine groups is 1. The smallest absolute Gasteiger partial charge is 0.0364 e. The Labute approximate surface area is 94.2 Å². The molecular weight excluding hydrogens is 184 g/mol. The number of allylic oxidation sites excluding steroid dienone is 2. The van der Waals surface area contributed by atoms with Crippen LogP contribution in [0.2, 0.25) is 0 Å². The van der Waals surface area contributed by atoms with Gasteiger partial charge in [0, 0.05) is 30.9 Å². The van der Waals surface area contributed by atoms with Crippen LogP contribution in [0.25, 0.3) is 0 Å². The molecule has 2 atom stereocenters. The maximum Gasteiger partial charge on any atom is 0.0364 e. The predicted molar refractivity (Wildman–Crippen MR) is 66.0 cm³/mol. The van der Waals surface area contributed by atoms with Gasteiger partial charge in [0.1, 0.15) is 0 Å². The van der Waals surface area contributed by atoms with Crippen molar-refractivity contribution in [2.24, 2.45) is 11.8 Å². The van der Waals surface area contributed by atoms with Gasteiger partial charge in [-0.25, -0.2) is 0 Å². The second-order valence-corrected chi connectivity index (χ2v) is 4.49. The monoisotopic (exact) mass is 208 g/mol. The lowest BCUT2D eigenvalue weighted by atomic mass is 9.84. The molecule has 0 aromatic carbocycles. The molecule has 1 aliphatic heterocycles. The van der Waals surface area contributed by atoms with Gasteiger partial charge in [0.05, 0.1) is 0 Å². The van der Waals surface area contributed by atoms with Crippen molar-refractivity contribution in [3.8, 4) is 0 Å². The summed E-state index contributed by atoms with van der Waals surface area (Å²) in [5.74, 6) is 1.26. The van der Waals surface area contributed by atoms with Crippen LogP contribution >= 0.6 is 0 Å². The molecule has 86 valence electrons. The minimum Gasteiger partial charge on any atom is -0.293 e. The molecule has 1 fully saturated rings. The van der Waals surface area contributed by atoms with E-state index in [1.807, 2.05) is 0 Å². The molecule has 0 N–H and O–H groups in total. The highest BCUT2D eigenvalue weighted by Gasteiger charge is 2.31. The summed E-state index contributed by atoms with van der Waals surface area (Å²) in [7, 11) is 2.07. The van der Waals surface area contributed by atoms with Crippen molar-refractivity contribution >= 4 is 0 Å². The van der Waals surface area contributed by atoms with Crippen LogP contribution in [0.1, 0.15) is 33.6 Å². The van der Waals surface area contributed by atoms with E-state index in [0.29, 0.717) is 11.8 Å². The van der Waals surface area contributed by atoms with E-state index in [0.717, 1.165) is 13.0 Å². The first kappa shape index (κ1) is 12.2. The Kier molecular flexibility index (Phi) is 3.83. The van der Waals surface area contributed by atoms with Gasteiger partial charge in [0.15, 0.2) is 0 Å². The summed E-state index contributed by atoms with van der Waals surface area (Å²) in [5, 5.41) is 4.38. The highest BCUT2D eigenvalue weighted by atomic mass is 15.6. The minimum absolute atomic E-state index is 0.568. The van der Waals surface area contributed by atoms with Crippen molar-refractivity contribution in [2.75, 3.05) is 13.6 Å². The third-order valence-corrected chi connectivity index (χ3v) is 3.67. The summed E-state index contributed by atoms with van der Waals surface area (Å²) in [6.45, 7) is 16.1. The topological polar surface area (TPSA) is 6.48 Å². The Morgan fingerprint density at radius 1 is 1.40 bits per heavy atom. The van der Waals surface area contributed by atoms with Gasteiger partial charge in [-0.2, -0.15) is 0 Å². The summed E-state index contributed by atoms with van der Waals surface area (Å²) >= 11 is 0. The molecule has 0 aromatic rings. The van der Waals surface area contributed by atoms with Crippen LogP contribution in [0.15, 0.2) is 24.6 Å². The van der Waals surface area contributed by atoms with E-state index < -0.39 is 0 Å². The van der Waals surface area contributed by atoms with Crippen LogP contribution in [0.5, 0.6) is 0 Å². The Morgan fingerprint density at radius 3 is 2.47 bits per heavy atom. The van der Waals surface area contributed by atoms with Crippen molar-refractivity contribution in [3.05, 3.63) is 24.6 Å². The van der Waals surface area contributed by atoms with E-state index >= 15 is 0 Å². The lowest BCUT2D eigenvalue weighted by Gasteiger charge is -2.46. The van der Waals surface area contributed by atoms with Crippen molar-refractivity contribution < 1.29 is 0 Å². The third kappa shape index (κ3) is 2.19. The van der Waals surface area contributed by atoms with Gasteiger partial charge in [-0.15, -0.1) is 0 Å². The van der Waals surface area contributed by atoms with Crippen molar-refractivity contribution in [1.82, 2.24) is 10.0 Å². The zero-order chi connectivity index (χ0) is 11.6. The Balaban J connectivity index is 2.85. The van der Waals surface area contributed by atoms with E-state index in [1.54, 1.807) is 0 Å². The molecule has 0 aromatic heterocycles. The molecule has 15 heavy (non-hydrogen) atoms. The predicted octanol–water partition coefficient (Wildman–Crippen LogP) is 3.25. The second kappa shape index (κ2) is 4.73. The minimum atomic E-state index is 0.568. The number of hydrogen-bond donors (Lipinski definition) is 0. The van der Waals surface area contributed by atoms with E-state index in [9.17, 15) is 0 Å². The molecule has 1 rings (SSSR count). The van der Waals surface area contributed by atoms with Gasteiger partial charge in [0.25, 0.3) is 0 Å². The van der Waals surface area contributed by atoms with Crippen LogP contribution in [-0.4, -0.2) is 23.6 Å². The number of hydrogen-bond acceptors (Lipinski definition) is 2. The van der Waals surface area contributed by atoms with Gasteiger partial charge in [-0.3, -0.25) is 10.0 Å². The van der Waals surface area contributed by atoms with Crippen LogP contribution in [0.3, 0.4) is 0 Å². The molecule has 0 aliphatic carbocycles. The van der Waals surface area contributed by atoms with Crippen molar-refractivity contribution in [2.45, 2.75) is 33.6 Å². The average Bonchev–Trinajstić information content (AvgIpc) is 2.23. The maximum absolute atomic E-state index is 4.24. The Bertz CT molecular complexity index is 257. The Morgan fingerprint density at radius 2 is 2.00 bits per heavy atom. The van der Waals surface area contributed by atoms with E-state index in [2.05, 4.69) is 51.0 Å². The fraction of sp³-hybridized carbons (Fsp3) is 0.692. The molecule has 0 bridgehead atoms. The highest BCUT2D eigenvalue weighted by Crippen LogP contribution is 2.36. The highest BCUT2D eigenvalue weighted by molar-refractivity contribution is 5.12. The van der Waals surface area contributed by atoms with Crippen molar-refractivity contribution in [1.29, 1.82) is 0 Å². The summed E-state index contributed by atoms with van der Waals surface area (Å²) in [6, 6.07) is 0. The average molecular weight is 208 g/mol. The lowest BCUT2D eigenvalue weighted by Crippen LogP contribution is -2.45. The molecule has 2 nitrogen and oxygen atoms in total. The molecule has 2 heteroatoms. The third-order valence-electron chi connectivity index (χ3n) is 3.67. The molecule has 2 unspecified atom stereocenters. The SMILES string of the molecule is C=C1CC(C(C)CC)C(=C)N(CC)N1C. The normalized spacial score (nSPS) is 24.7. The maximum atomic E-state index is 4.24. The first-order chi connectivity index (χ1) is 7.02. The molecule has 0 saturated carbocycles. The zero-order valence-corrected chi connectivity index (χ0v) is 10.6. The van der Waals surface area contributed by atoms with Crippen LogP contribution < -0.4 is 0 Å². The van der Waals surface area contributed by atoms with Gasteiger partial charge < -0.3 is 0 Å². The molecule has 0 radical (unpaired) electrons. The summed E-state index contributed by atoms with van der Waals surface area (Å²) < 4.78 is 0. The summed E-state index contributed by atoms with van der Waals surface area (Å²) in [6.07, 6.45) is 2.26. The van der Waals surface area contributed by atoms with E-state index in [-0.39, 0.29) is 0 Å². The van der Waals surface area contributed by atoms with Crippen molar-refractivity contribution in [3.63, 3.8) is 0 Å². The standard InChI is InChI=1S/C13H24N2/c1-7-10(3)13-9-11(4)14(6)15(8-2)12(13)5/h10,13H,4-5,7-9H2,1-3,6H3. The summed E-state index contributed by atoms with van der Waals surface area (Å²) in [5.41, 5.74) is 2.45. The quantitative estimate of drug-likeness (QED) is 0.702. The number of nitrogens with zero attached hydrogens (tertiary/aromatic N) is 2. The first-order valence-electron chi connectivity index (χ1n) is 5.90. The Hall–Kier alpha value is -0.920. The van der Waals surface area contributed by atoms with E-state index in [1.165, 1.54) is 17.8 Å². The van der Waals surface area contributed by atoms with Gasteiger partial charge in [-0.1, -0.05) is 33.4 Å². The lowest BCUT2D eigenvalue weighted by molar-refractivity contribution is 0.0258.